The lowest BCUT2D eigenvalue weighted by molar-refractivity contribution is 0.0934. The lowest BCUT2D eigenvalue weighted by Crippen LogP contribution is -2.13. The number of carbonyl (C=O) groups is 1. The monoisotopic (exact) mass is 206 g/mol. The van der Waals surface area contributed by atoms with Crippen molar-refractivity contribution in [3.8, 4) is 0 Å². The Balaban J connectivity index is 2.14. The van der Waals surface area contributed by atoms with Gasteiger partial charge in [0.15, 0.2) is 5.78 Å². The zero-order chi connectivity index (χ0) is 9.97. The minimum absolute atomic E-state index is 0.266. The van der Waals surface area contributed by atoms with E-state index in [9.17, 15) is 4.79 Å². The molecule has 0 radical (unpaired) electrons. The van der Waals surface area contributed by atoms with Crippen LogP contribution in [0.2, 0.25) is 0 Å². The first-order chi connectivity index (χ1) is 6.77. The molecule has 74 valence electrons. The van der Waals surface area contributed by atoms with E-state index in [1.165, 1.54) is 5.56 Å². The van der Waals surface area contributed by atoms with Gasteiger partial charge in [0.25, 0.3) is 0 Å². The lowest BCUT2D eigenvalue weighted by Gasteiger charge is -2.06. The van der Waals surface area contributed by atoms with Crippen LogP contribution in [0.4, 0.5) is 0 Å². The normalized spacial score (nSPS) is 21.1. The molecule has 14 heavy (non-hydrogen) atoms. The van der Waals surface area contributed by atoms with Crippen LogP contribution in [0.15, 0.2) is 24.3 Å². The highest BCUT2D eigenvalue weighted by Crippen LogP contribution is 2.26. The Bertz CT molecular complexity index is 323. The Morgan fingerprint density at radius 1 is 1.36 bits per heavy atom. The third kappa shape index (κ3) is 2.01. The highest BCUT2D eigenvalue weighted by Gasteiger charge is 2.23. The van der Waals surface area contributed by atoms with Crippen molar-refractivity contribution in [3.63, 3.8) is 0 Å². The van der Waals surface area contributed by atoms with Crippen molar-refractivity contribution in [2.75, 3.05) is 11.5 Å². The first-order valence-electron chi connectivity index (χ1n) is 4.96. The zero-order valence-corrected chi connectivity index (χ0v) is 9.14. The van der Waals surface area contributed by atoms with Gasteiger partial charge in [-0.05, 0) is 19.1 Å². The third-order valence-corrected chi connectivity index (χ3v) is 3.80. The predicted molar refractivity (Wildman–Crippen MR) is 60.9 cm³/mol. The summed E-state index contributed by atoms with van der Waals surface area (Å²) in [5.74, 6) is 2.74. The molecular weight excluding hydrogens is 192 g/mol. The van der Waals surface area contributed by atoms with Gasteiger partial charge in [0.1, 0.15) is 0 Å². The van der Waals surface area contributed by atoms with Crippen LogP contribution in [0.25, 0.3) is 0 Å². The summed E-state index contributed by atoms with van der Waals surface area (Å²) in [6.07, 6.45) is 1.05. The van der Waals surface area contributed by atoms with Crippen molar-refractivity contribution in [1.29, 1.82) is 0 Å². The molecule has 1 aliphatic rings. The van der Waals surface area contributed by atoms with Gasteiger partial charge in [-0.2, -0.15) is 11.8 Å². The molecule has 1 nitrogen and oxygen atoms in total. The fourth-order valence-corrected chi connectivity index (χ4v) is 2.92. The largest absolute Gasteiger partial charge is 0.294 e. The molecule has 0 aromatic heterocycles. The summed E-state index contributed by atoms with van der Waals surface area (Å²) in [4.78, 5) is 11.9. The van der Waals surface area contributed by atoms with E-state index in [1.54, 1.807) is 0 Å². The Morgan fingerprint density at radius 2 is 2.07 bits per heavy atom. The molecule has 1 fully saturated rings. The van der Waals surface area contributed by atoms with Crippen molar-refractivity contribution in [2.24, 2.45) is 5.92 Å². The van der Waals surface area contributed by atoms with Crippen LogP contribution in [0, 0.1) is 12.8 Å². The Hall–Kier alpha value is -0.760. The Morgan fingerprint density at radius 3 is 2.64 bits per heavy atom. The smallest absolute Gasteiger partial charge is 0.166 e. The van der Waals surface area contributed by atoms with E-state index >= 15 is 0 Å². The second-order valence-corrected chi connectivity index (χ2v) is 4.94. The predicted octanol–water partition coefficient (Wildman–Crippen LogP) is 2.93. The van der Waals surface area contributed by atoms with Crippen molar-refractivity contribution >= 4 is 17.5 Å². The number of rotatable bonds is 2. The molecule has 0 saturated carbocycles. The van der Waals surface area contributed by atoms with Gasteiger partial charge in [-0.1, -0.05) is 29.8 Å². The molecule has 1 aliphatic heterocycles. The van der Waals surface area contributed by atoms with Crippen molar-refractivity contribution in [2.45, 2.75) is 13.3 Å². The molecule has 0 aliphatic carbocycles. The number of ketones is 1. The van der Waals surface area contributed by atoms with Crippen molar-refractivity contribution < 1.29 is 4.79 Å². The molecule has 1 aromatic carbocycles. The highest BCUT2D eigenvalue weighted by atomic mass is 32.2. The van der Waals surface area contributed by atoms with Gasteiger partial charge < -0.3 is 0 Å². The molecule has 1 atom stereocenters. The van der Waals surface area contributed by atoms with E-state index in [1.807, 2.05) is 43.0 Å². The van der Waals surface area contributed by atoms with E-state index in [0.29, 0.717) is 5.78 Å². The number of benzene rings is 1. The van der Waals surface area contributed by atoms with Crippen LogP contribution < -0.4 is 0 Å². The van der Waals surface area contributed by atoms with Gasteiger partial charge in [0, 0.05) is 17.2 Å². The number of thioether (sulfide) groups is 1. The van der Waals surface area contributed by atoms with Gasteiger partial charge in [-0.15, -0.1) is 0 Å². The highest BCUT2D eigenvalue weighted by molar-refractivity contribution is 7.99. The minimum Gasteiger partial charge on any atom is -0.294 e. The number of hydrogen-bond acceptors (Lipinski definition) is 2. The first-order valence-corrected chi connectivity index (χ1v) is 6.11. The summed E-state index contributed by atoms with van der Waals surface area (Å²) in [6, 6.07) is 7.91. The van der Waals surface area contributed by atoms with Crippen molar-refractivity contribution in [1.82, 2.24) is 0 Å². The molecule has 1 heterocycles. The lowest BCUT2D eigenvalue weighted by atomic mass is 9.97. The maximum atomic E-state index is 11.9. The number of aryl methyl sites for hydroxylation is 1. The zero-order valence-electron chi connectivity index (χ0n) is 8.32. The van der Waals surface area contributed by atoms with E-state index in [-0.39, 0.29) is 5.92 Å². The number of hydrogen-bond donors (Lipinski definition) is 0. The van der Waals surface area contributed by atoms with E-state index in [0.717, 1.165) is 23.5 Å². The topological polar surface area (TPSA) is 17.1 Å². The van der Waals surface area contributed by atoms with Crippen LogP contribution in [-0.2, 0) is 0 Å². The van der Waals surface area contributed by atoms with Crippen LogP contribution >= 0.6 is 11.8 Å². The van der Waals surface area contributed by atoms with E-state index < -0.39 is 0 Å². The molecule has 1 aromatic rings. The van der Waals surface area contributed by atoms with Crippen LogP contribution in [0.1, 0.15) is 22.3 Å². The molecule has 2 heteroatoms. The Kier molecular flexibility index (Phi) is 2.92. The molecular formula is C12H14OS. The molecule has 0 bridgehead atoms. The first kappa shape index (κ1) is 9.78. The second-order valence-electron chi connectivity index (χ2n) is 3.79. The molecule has 0 spiro atoms. The molecule has 0 N–H and O–H groups in total. The van der Waals surface area contributed by atoms with Crippen LogP contribution in [-0.4, -0.2) is 17.3 Å². The van der Waals surface area contributed by atoms with Gasteiger partial charge in [-0.25, -0.2) is 0 Å². The van der Waals surface area contributed by atoms with Gasteiger partial charge in [0.05, 0.1) is 0 Å². The average molecular weight is 206 g/mol. The van der Waals surface area contributed by atoms with Crippen molar-refractivity contribution in [3.05, 3.63) is 35.4 Å². The fourth-order valence-electron chi connectivity index (χ4n) is 1.69. The maximum Gasteiger partial charge on any atom is 0.166 e. The average Bonchev–Trinajstić information content (AvgIpc) is 2.71. The van der Waals surface area contributed by atoms with Gasteiger partial charge >= 0.3 is 0 Å². The summed E-state index contributed by atoms with van der Waals surface area (Å²) >= 11 is 1.89. The standard InChI is InChI=1S/C12H14OS/c1-9-2-4-10(5-3-9)12(13)11-6-7-14-8-11/h2-5,11H,6-8H2,1H3. The summed E-state index contributed by atoms with van der Waals surface area (Å²) in [6.45, 7) is 2.04. The Labute approximate surface area is 88.9 Å². The SMILES string of the molecule is Cc1ccc(C(=O)C2CCSC2)cc1. The second kappa shape index (κ2) is 4.18. The summed E-state index contributed by atoms with van der Waals surface area (Å²) < 4.78 is 0. The van der Waals surface area contributed by atoms with Crippen LogP contribution in [0.3, 0.4) is 0 Å². The molecule has 1 unspecified atom stereocenters. The third-order valence-electron chi connectivity index (χ3n) is 2.64. The number of Topliss-reactive ketones (excluding diaryl/α,β-unsaturated/α-hetero) is 1. The molecule has 2 rings (SSSR count). The quantitative estimate of drug-likeness (QED) is 0.692. The minimum atomic E-state index is 0.266. The summed E-state index contributed by atoms with van der Waals surface area (Å²) in [7, 11) is 0. The fraction of sp³-hybridized carbons (Fsp3) is 0.417. The molecule has 1 saturated heterocycles. The summed E-state index contributed by atoms with van der Waals surface area (Å²) in [5.41, 5.74) is 2.09. The maximum absolute atomic E-state index is 11.9. The van der Waals surface area contributed by atoms with Crippen LogP contribution in [0.5, 0.6) is 0 Å². The number of carbonyl (C=O) groups excluding carboxylic acids is 1. The van der Waals surface area contributed by atoms with E-state index in [4.69, 9.17) is 0 Å². The molecule has 0 amide bonds. The van der Waals surface area contributed by atoms with E-state index in [2.05, 4.69) is 0 Å². The van der Waals surface area contributed by atoms with Gasteiger partial charge in [0.2, 0.25) is 0 Å². The summed E-state index contributed by atoms with van der Waals surface area (Å²) in [5, 5.41) is 0. The van der Waals surface area contributed by atoms with Gasteiger partial charge in [-0.3, -0.25) is 4.79 Å².